The summed E-state index contributed by atoms with van der Waals surface area (Å²) >= 11 is 0. The van der Waals surface area contributed by atoms with Crippen LogP contribution >= 0.6 is 0 Å². The Kier molecular flexibility index (Phi) is 57.8. The summed E-state index contributed by atoms with van der Waals surface area (Å²) in [6.45, 7) is 6.47. The molecule has 0 saturated heterocycles. The van der Waals surface area contributed by atoms with E-state index in [1.165, 1.54) is 154 Å². The van der Waals surface area contributed by atoms with Crippen LogP contribution in [0.4, 0.5) is 0 Å². The van der Waals surface area contributed by atoms with Crippen LogP contribution in [-0.4, -0.2) is 37.2 Å². The van der Waals surface area contributed by atoms with Crippen molar-refractivity contribution in [1.29, 1.82) is 0 Å². The molecule has 0 aliphatic heterocycles. The Labute approximate surface area is 451 Å². The number of hydrogen-bond donors (Lipinski definition) is 0. The molecular weight excluding hydrogens is 901 g/mol. The molecule has 0 aromatic heterocycles. The van der Waals surface area contributed by atoms with Crippen molar-refractivity contribution >= 4 is 17.9 Å². The zero-order valence-electron chi connectivity index (χ0n) is 47.9. The second-order valence-electron chi connectivity index (χ2n) is 20.2. The van der Waals surface area contributed by atoms with E-state index in [2.05, 4.69) is 118 Å². The molecule has 0 aliphatic rings. The SMILES string of the molecule is CC/C=C\C/C=C\C/C=C\C/C=C\C/C=C\CCCC(=O)OC(COC(=O)CCCCCCCCC/C=C\C/C=C\CCCCC)COC(=O)CCCCCCCCCCC/C=C\CCCCCCCCCC. The number of ether oxygens (including phenoxy) is 3. The van der Waals surface area contributed by atoms with Gasteiger partial charge in [0, 0.05) is 19.3 Å². The van der Waals surface area contributed by atoms with E-state index in [0.29, 0.717) is 19.3 Å². The molecule has 0 saturated carbocycles. The van der Waals surface area contributed by atoms with Crippen LogP contribution in [0.5, 0.6) is 0 Å². The minimum atomic E-state index is -0.813. The van der Waals surface area contributed by atoms with E-state index in [1.54, 1.807) is 0 Å². The van der Waals surface area contributed by atoms with E-state index in [0.717, 1.165) is 89.9 Å². The summed E-state index contributed by atoms with van der Waals surface area (Å²) in [5.41, 5.74) is 0. The fourth-order valence-electron chi connectivity index (χ4n) is 8.44. The molecule has 6 nitrogen and oxygen atoms in total. The third-order valence-electron chi connectivity index (χ3n) is 13.0. The van der Waals surface area contributed by atoms with Gasteiger partial charge < -0.3 is 14.2 Å². The van der Waals surface area contributed by atoms with Crippen molar-refractivity contribution in [3.05, 3.63) is 97.2 Å². The molecule has 0 fully saturated rings. The van der Waals surface area contributed by atoms with Gasteiger partial charge in [-0.15, -0.1) is 0 Å². The second-order valence-corrected chi connectivity index (χ2v) is 20.2. The third-order valence-corrected chi connectivity index (χ3v) is 13.0. The lowest BCUT2D eigenvalue weighted by molar-refractivity contribution is -0.167. The number of rotatable bonds is 55. The van der Waals surface area contributed by atoms with Crippen molar-refractivity contribution in [3.63, 3.8) is 0 Å². The minimum Gasteiger partial charge on any atom is -0.462 e. The number of esters is 3. The predicted octanol–water partition coefficient (Wildman–Crippen LogP) is 20.9. The van der Waals surface area contributed by atoms with E-state index in [-0.39, 0.29) is 37.5 Å². The van der Waals surface area contributed by atoms with E-state index >= 15 is 0 Å². The summed E-state index contributed by atoms with van der Waals surface area (Å²) in [5.74, 6) is -0.966. The van der Waals surface area contributed by atoms with Gasteiger partial charge in [0.1, 0.15) is 13.2 Å². The number of carbonyl (C=O) groups excluding carboxylic acids is 3. The van der Waals surface area contributed by atoms with Crippen LogP contribution in [0.2, 0.25) is 0 Å². The summed E-state index contributed by atoms with van der Waals surface area (Å²) in [6, 6.07) is 0. The largest absolute Gasteiger partial charge is 0.462 e. The van der Waals surface area contributed by atoms with E-state index in [1.807, 2.05) is 0 Å². The van der Waals surface area contributed by atoms with Crippen LogP contribution in [0.25, 0.3) is 0 Å². The Hall–Kier alpha value is -3.67. The first kappa shape index (κ1) is 69.3. The number of carbonyl (C=O) groups is 3. The Bertz CT molecular complexity index is 1440. The molecule has 0 N–H and O–H groups in total. The molecule has 0 rings (SSSR count). The van der Waals surface area contributed by atoms with Gasteiger partial charge in [-0.3, -0.25) is 14.4 Å². The van der Waals surface area contributed by atoms with Crippen molar-refractivity contribution in [1.82, 2.24) is 0 Å². The summed E-state index contributed by atoms with van der Waals surface area (Å²) in [7, 11) is 0. The molecule has 0 heterocycles. The molecule has 0 aromatic rings. The minimum absolute atomic E-state index is 0.104. The third kappa shape index (κ3) is 59.1. The maximum Gasteiger partial charge on any atom is 0.306 e. The molecule has 0 amide bonds. The monoisotopic (exact) mass is 1010 g/mol. The molecular formula is C67H114O6. The quantitative estimate of drug-likeness (QED) is 0.0261. The zero-order valence-corrected chi connectivity index (χ0v) is 47.9. The van der Waals surface area contributed by atoms with E-state index in [9.17, 15) is 14.4 Å². The predicted molar refractivity (Wildman–Crippen MR) is 316 cm³/mol. The summed E-state index contributed by atoms with van der Waals surface area (Å²) in [6.07, 6.45) is 81.2. The van der Waals surface area contributed by atoms with Crippen molar-refractivity contribution in [2.24, 2.45) is 0 Å². The van der Waals surface area contributed by atoms with Crippen LogP contribution in [0.1, 0.15) is 290 Å². The number of allylic oxidation sites excluding steroid dienone is 16. The van der Waals surface area contributed by atoms with Gasteiger partial charge in [0.05, 0.1) is 0 Å². The van der Waals surface area contributed by atoms with Crippen LogP contribution in [-0.2, 0) is 28.6 Å². The number of hydrogen-bond acceptors (Lipinski definition) is 6. The lowest BCUT2D eigenvalue weighted by Gasteiger charge is -2.18. The fraction of sp³-hybridized carbons (Fsp3) is 0.716. The summed E-state index contributed by atoms with van der Waals surface area (Å²) in [4.78, 5) is 38.2. The topological polar surface area (TPSA) is 78.9 Å². The van der Waals surface area contributed by atoms with Crippen LogP contribution < -0.4 is 0 Å². The summed E-state index contributed by atoms with van der Waals surface area (Å²) < 4.78 is 16.9. The lowest BCUT2D eigenvalue weighted by Crippen LogP contribution is -2.30. The molecule has 0 spiro atoms. The van der Waals surface area contributed by atoms with E-state index in [4.69, 9.17) is 14.2 Å². The van der Waals surface area contributed by atoms with Gasteiger partial charge >= 0.3 is 17.9 Å². The van der Waals surface area contributed by atoms with Crippen molar-refractivity contribution in [2.75, 3.05) is 13.2 Å². The van der Waals surface area contributed by atoms with Crippen LogP contribution in [0, 0.1) is 0 Å². The Morgan fingerprint density at radius 2 is 0.548 bits per heavy atom. The van der Waals surface area contributed by atoms with Crippen LogP contribution in [0.3, 0.4) is 0 Å². The highest BCUT2D eigenvalue weighted by Gasteiger charge is 2.19. The first-order chi connectivity index (χ1) is 36.0. The maximum absolute atomic E-state index is 12.9. The van der Waals surface area contributed by atoms with E-state index < -0.39 is 6.10 Å². The molecule has 418 valence electrons. The normalized spacial score (nSPS) is 12.8. The first-order valence-electron chi connectivity index (χ1n) is 30.7. The Morgan fingerprint density at radius 3 is 0.918 bits per heavy atom. The average molecular weight is 1020 g/mol. The number of unbranched alkanes of at least 4 members (excludes halogenated alkanes) is 28. The van der Waals surface area contributed by atoms with Gasteiger partial charge in [-0.1, -0.05) is 253 Å². The molecule has 1 atom stereocenters. The molecule has 0 aliphatic carbocycles. The molecule has 0 bridgehead atoms. The highest BCUT2D eigenvalue weighted by Crippen LogP contribution is 2.15. The standard InChI is InChI=1S/C67H114O6/c1-4-7-10-13-16-19-22-25-28-31-32-33-34-37-39-42-45-48-51-54-57-60-66(69)72-63-64(73-67(70)61-58-55-52-49-46-43-40-36-30-27-24-21-18-15-12-9-6-3)62-71-65(68)59-56-53-50-47-44-41-38-35-29-26-23-20-17-14-11-8-5-2/h9,12,17-18,20-21,26-27,29-32,40,43,49,52,64H,4-8,10-11,13-16,19,22-25,28,33-39,41-42,44-48,50-51,53-63H2,1-3H3/b12-9-,20-17-,21-18-,29-26-,30-27-,32-31-,43-40-,52-49-. The zero-order chi connectivity index (χ0) is 52.9. The second kappa shape index (κ2) is 60.9. The van der Waals surface area contributed by atoms with Gasteiger partial charge in [-0.25, -0.2) is 0 Å². The first-order valence-corrected chi connectivity index (χ1v) is 30.7. The molecule has 0 radical (unpaired) electrons. The van der Waals surface area contributed by atoms with Gasteiger partial charge in [-0.2, -0.15) is 0 Å². The molecule has 1 unspecified atom stereocenters. The van der Waals surface area contributed by atoms with Gasteiger partial charge in [0.2, 0.25) is 0 Å². The fourth-order valence-corrected chi connectivity index (χ4v) is 8.44. The highest BCUT2D eigenvalue weighted by molar-refractivity contribution is 5.71. The Balaban J connectivity index is 4.45. The maximum atomic E-state index is 12.9. The Morgan fingerprint density at radius 1 is 0.288 bits per heavy atom. The smallest absolute Gasteiger partial charge is 0.306 e. The van der Waals surface area contributed by atoms with Crippen molar-refractivity contribution in [2.45, 2.75) is 297 Å². The highest BCUT2D eigenvalue weighted by atomic mass is 16.6. The molecule has 73 heavy (non-hydrogen) atoms. The molecule has 0 aromatic carbocycles. The lowest BCUT2D eigenvalue weighted by atomic mass is 10.1. The van der Waals surface area contributed by atoms with Gasteiger partial charge in [0.15, 0.2) is 6.10 Å². The molecule has 6 heteroatoms. The van der Waals surface area contributed by atoms with Crippen molar-refractivity contribution < 1.29 is 28.6 Å². The summed E-state index contributed by atoms with van der Waals surface area (Å²) in [5, 5.41) is 0. The average Bonchev–Trinajstić information content (AvgIpc) is 3.39. The van der Waals surface area contributed by atoms with Gasteiger partial charge in [0.25, 0.3) is 0 Å². The van der Waals surface area contributed by atoms with Gasteiger partial charge in [-0.05, 0) is 116 Å². The van der Waals surface area contributed by atoms with Crippen molar-refractivity contribution in [3.8, 4) is 0 Å². The van der Waals surface area contributed by atoms with Crippen LogP contribution in [0.15, 0.2) is 97.2 Å².